The van der Waals surface area contributed by atoms with Crippen molar-refractivity contribution in [2.24, 2.45) is 5.92 Å². The van der Waals surface area contributed by atoms with Gasteiger partial charge < -0.3 is 9.64 Å². The summed E-state index contributed by atoms with van der Waals surface area (Å²) in [4.78, 5) is 13.6. The van der Waals surface area contributed by atoms with Crippen molar-refractivity contribution in [3.05, 3.63) is 35.9 Å². The molecule has 0 saturated heterocycles. The topological polar surface area (TPSA) is 29.5 Å². The van der Waals surface area contributed by atoms with Crippen molar-refractivity contribution in [1.29, 1.82) is 0 Å². The Bertz CT molecular complexity index is 360. The molecule has 1 aromatic carbocycles. The Balaban J connectivity index is 1.78. The number of rotatable bonds is 5. The number of hydrogen-bond acceptors (Lipinski definition) is 2. The van der Waals surface area contributed by atoms with Gasteiger partial charge in [-0.3, -0.25) is 0 Å². The van der Waals surface area contributed by atoms with Gasteiger partial charge in [-0.2, -0.15) is 0 Å². The molecule has 3 nitrogen and oxygen atoms in total. The minimum absolute atomic E-state index is 0.191. The highest BCUT2D eigenvalue weighted by atomic mass is 16.6. The Labute approximate surface area is 102 Å². The fourth-order valence-electron chi connectivity index (χ4n) is 1.76. The minimum atomic E-state index is -0.191. The van der Waals surface area contributed by atoms with Crippen LogP contribution < -0.4 is 0 Å². The van der Waals surface area contributed by atoms with Crippen molar-refractivity contribution in [2.45, 2.75) is 26.4 Å². The highest BCUT2D eigenvalue weighted by Crippen LogP contribution is 2.29. The van der Waals surface area contributed by atoms with E-state index < -0.39 is 0 Å². The molecule has 1 aliphatic carbocycles. The van der Waals surface area contributed by atoms with Crippen molar-refractivity contribution in [1.82, 2.24) is 4.90 Å². The lowest BCUT2D eigenvalue weighted by atomic mass is 10.2. The first-order valence-corrected chi connectivity index (χ1v) is 6.25. The molecule has 0 N–H and O–H groups in total. The van der Waals surface area contributed by atoms with Gasteiger partial charge in [0.05, 0.1) is 0 Å². The van der Waals surface area contributed by atoms with Crippen LogP contribution in [-0.4, -0.2) is 24.1 Å². The number of hydrogen-bond donors (Lipinski definition) is 0. The second-order valence-corrected chi connectivity index (χ2v) is 4.52. The monoisotopic (exact) mass is 233 g/mol. The maximum Gasteiger partial charge on any atom is 0.410 e. The molecule has 0 atom stereocenters. The summed E-state index contributed by atoms with van der Waals surface area (Å²) >= 11 is 0. The number of amides is 1. The quantitative estimate of drug-likeness (QED) is 0.782. The van der Waals surface area contributed by atoms with Crippen LogP contribution in [0.25, 0.3) is 0 Å². The molecule has 0 bridgehead atoms. The summed E-state index contributed by atoms with van der Waals surface area (Å²) in [5.41, 5.74) is 1.03. The summed E-state index contributed by atoms with van der Waals surface area (Å²) in [5, 5.41) is 0. The maximum absolute atomic E-state index is 11.8. The molecule has 0 aromatic heterocycles. The minimum Gasteiger partial charge on any atom is -0.445 e. The normalized spacial score (nSPS) is 14.4. The number of carbonyl (C=O) groups excluding carboxylic acids is 1. The Morgan fingerprint density at radius 3 is 2.65 bits per heavy atom. The van der Waals surface area contributed by atoms with E-state index in [9.17, 15) is 4.79 Å². The smallest absolute Gasteiger partial charge is 0.410 e. The molecule has 1 aliphatic rings. The number of nitrogens with zero attached hydrogens (tertiary/aromatic N) is 1. The average molecular weight is 233 g/mol. The summed E-state index contributed by atoms with van der Waals surface area (Å²) < 4.78 is 5.30. The molecule has 0 unspecified atom stereocenters. The van der Waals surface area contributed by atoms with Gasteiger partial charge >= 0.3 is 6.09 Å². The van der Waals surface area contributed by atoms with Crippen molar-refractivity contribution in [3.63, 3.8) is 0 Å². The van der Waals surface area contributed by atoms with Crippen LogP contribution in [-0.2, 0) is 11.3 Å². The summed E-state index contributed by atoms with van der Waals surface area (Å²) in [5.74, 6) is 0.708. The standard InChI is InChI=1S/C14H19NO2/c1-2-15(10-12-8-9-12)14(16)17-11-13-6-4-3-5-7-13/h3-7,12H,2,8-11H2,1H3. The van der Waals surface area contributed by atoms with E-state index in [1.807, 2.05) is 37.3 Å². The number of ether oxygens (including phenoxy) is 1. The van der Waals surface area contributed by atoms with Gasteiger partial charge in [-0.05, 0) is 31.2 Å². The molecule has 92 valence electrons. The Morgan fingerprint density at radius 2 is 2.06 bits per heavy atom. The van der Waals surface area contributed by atoms with Crippen LogP contribution in [0.4, 0.5) is 4.79 Å². The lowest BCUT2D eigenvalue weighted by Gasteiger charge is -2.20. The first kappa shape index (κ1) is 12.0. The zero-order valence-corrected chi connectivity index (χ0v) is 10.3. The number of benzene rings is 1. The van der Waals surface area contributed by atoms with E-state index in [0.717, 1.165) is 18.7 Å². The molecule has 17 heavy (non-hydrogen) atoms. The van der Waals surface area contributed by atoms with Crippen molar-refractivity contribution in [2.75, 3.05) is 13.1 Å². The van der Waals surface area contributed by atoms with Gasteiger partial charge in [-0.1, -0.05) is 30.3 Å². The SMILES string of the molecule is CCN(CC1CC1)C(=O)OCc1ccccc1. The molecule has 2 rings (SSSR count). The van der Waals surface area contributed by atoms with Gasteiger partial charge in [0.2, 0.25) is 0 Å². The molecule has 0 spiro atoms. The van der Waals surface area contributed by atoms with Gasteiger partial charge in [-0.25, -0.2) is 4.79 Å². The van der Waals surface area contributed by atoms with E-state index in [2.05, 4.69) is 0 Å². The zero-order valence-electron chi connectivity index (χ0n) is 10.3. The number of carbonyl (C=O) groups is 1. The summed E-state index contributed by atoms with van der Waals surface area (Å²) in [6.07, 6.45) is 2.31. The highest BCUT2D eigenvalue weighted by Gasteiger charge is 2.26. The molecule has 1 aromatic rings. The Hall–Kier alpha value is -1.51. The molecule has 1 saturated carbocycles. The zero-order chi connectivity index (χ0) is 12.1. The summed E-state index contributed by atoms with van der Waals surface area (Å²) in [7, 11) is 0. The third kappa shape index (κ3) is 3.77. The van der Waals surface area contributed by atoms with Crippen molar-refractivity contribution >= 4 is 6.09 Å². The van der Waals surface area contributed by atoms with Crippen LogP contribution >= 0.6 is 0 Å². The Morgan fingerprint density at radius 1 is 1.35 bits per heavy atom. The predicted molar refractivity (Wildman–Crippen MR) is 66.6 cm³/mol. The van der Waals surface area contributed by atoms with Gasteiger partial charge in [-0.15, -0.1) is 0 Å². The fraction of sp³-hybridized carbons (Fsp3) is 0.500. The second-order valence-electron chi connectivity index (χ2n) is 4.52. The molecule has 0 aliphatic heterocycles. The van der Waals surface area contributed by atoms with Gasteiger partial charge in [0.1, 0.15) is 6.61 Å². The van der Waals surface area contributed by atoms with Crippen LogP contribution in [0, 0.1) is 5.92 Å². The van der Waals surface area contributed by atoms with Gasteiger partial charge in [0, 0.05) is 13.1 Å². The highest BCUT2D eigenvalue weighted by molar-refractivity contribution is 5.67. The first-order valence-electron chi connectivity index (χ1n) is 6.25. The van der Waals surface area contributed by atoms with E-state index in [4.69, 9.17) is 4.74 Å². The van der Waals surface area contributed by atoms with Crippen LogP contribution in [0.5, 0.6) is 0 Å². The van der Waals surface area contributed by atoms with E-state index in [0.29, 0.717) is 12.5 Å². The lowest BCUT2D eigenvalue weighted by Crippen LogP contribution is -2.33. The first-order chi connectivity index (χ1) is 8.29. The van der Waals surface area contributed by atoms with Crippen LogP contribution in [0.15, 0.2) is 30.3 Å². The van der Waals surface area contributed by atoms with Crippen LogP contribution in [0.2, 0.25) is 0 Å². The van der Waals surface area contributed by atoms with E-state index in [1.54, 1.807) is 4.90 Å². The lowest BCUT2D eigenvalue weighted by molar-refractivity contribution is 0.0964. The van der Waals surface area contributed by atoms with Gasteiger partial charge in [0.15, 0.2) is 0 Å². The average Bonchev–Trinajstić information content (AvgIpc) is 3.18. The van der Waals surface area contributed by atoms with Gasteiger partial charge in [0.25, 0.3) is 0 Å². The van der Waals surface area contributed by atoms with E-state index in [-0.39, 0.29) is 6.09 Å². The molecule has 1 amide bonds. The molecule has 0 heterocycles. The maximum atomic E-state index is 11.8. The van der Waals surface area contributed by atoms with E-state index in [1.165, 1.54) is 12.8 Å². The molecule has 3 heteroatoms. The Kier molecular flexibility index (Phi) is 4.02. The summed E-state index contributed by atoms with van der Waals surface area (Å²) in [6.45, 7) is 3.93. The fourth-order valence-corrected chi connectivity index (χ4v) is 1.76. The summed E-state index contributed by atoms with van der Waals surface area (Å²) in [6, 6.07) is 9.78. The third-order valence-corrected chi connectivity index (χ3v) is 3.02. The van der Waals surface area contributed by atoms with Crippen molar-refractivity contribution < 1.29 is 9.53 Å². The van der Waals surface area contributed by atoms with Crippen LogP contribution in [0.3, 0.4) is 0 Å². The second kappa shape index (κ2) is 5.71. The molecule has 1 fully saturated rings. The third-order valence-electron chi connectivity index (χ3n) is 3.02. The predicted octanol–water partition coefficient (Wildman–Crippen LogP) is 3.06. The van der Waals surface area contributed by atoms with Crippen LogP contribution in [0.1, 0.15) is 25.3 Å². The largest absolute Gasteiger partial charge is 0.445 e. The molecular formula is C14H19NO2. The van der Waals surface area contributed by atoms with E-state index >= 15 is 0 Å². The molecular weight excluding hydrogens is 214 g/mol. The van der Waals surface area contributed by atoms with Crippen molar-refractivity contribution in [3.8, 4) is 0 Å². The molecule has 0 radical (unpaired) electrons.